The van der Waals surface area contributed by atoms with Gasteiger partial charge in [0.2, 0.25) is 5.91 Å². The fourth-order valence-corrected chi connectivity index (χ4v) is 4.04. The van der Waals surface area contributed by atoms with Crippen LogP contribution in [-0.2, 0) is 11.3 Å². The van der Waals surface area contributed by atoms with Crippen molar-refractivity contribution in [2.75, 3.05) is 26.2 Å². The molecule has 1 atom stereocenters. The minimum absolute atomic E-state index is 0.00789. The molecule has 0 saturated carbocycles. The summed E-state index contributed by atoms with van der Waals surface area (Å²) in [6, 6.07) is 9.62. The third-order valence-corrected chi connectivity index (χ3v) is 5.50. The van der Waals surface area contributed by atoms with Gasteiger partial charge >= 0.3 is 6.03 Å². The number of carbonyl (C=O) groups is 2. The highest BCUT2D eigenvalue weighted by molar-refractivity contribution is 5.84. The first-order chi connectivity index (χ1) is 15.3. The van der Waals surface area contributed by atoms with Crippen LogP contribution in [0.1, 0.15) is 44.5 Å². The molecule has 0 spiro atoms. The van der Waals surface area contributed by atoms with Gasteiger partial charge in [0.05, 0.1) is 11.0 Å². The first kappa shape index (κ1) is 23.3. The molecule has 1 aromatic carbocycles. The first-order valence-electron chi connectivity index (χ1n) is 11.0. The quantitative estimate of drug-likeness (QED) is 0.501. The van der Waals surface area contributed by atoms with Crippen LogP contribution in [0.25, 0.3) is 0 Å². The molecule has 1 aliphatic rings. The molecule has 32 heavy (non-hydrogen) atoms. The average molecular weight is 442 g/mol. The van der Waals surface area contributed by atoms with Gasteiger partial charge in [0.15, 0.2) is 0 Å². The predicted octanol–water partition coefficient (Wildman–Crippen LogP) is 3.41. The van der Waals surface area contributed by atoms with E-state index >= 15 is 0 Å². The standard InChI is InChI=1S/C23H31N5O4/c1-4-11-24-23(30)26(15-17(2)3)16-21(29)27-14-13-25-12-5-6-20(25)22(27)18-7-9-19(10-8-18)28(31)32/h5-10,12,17,22H,4,11,13-16H2,1-3H3,(H,24,30). The number of nitro benzene ring substituents is 1. The van der Waals surface area contributed by atoms with Crippen molar-refractivity contribution in [2.45, 2.75) is 39.8 Å². The van der Waals surface area contributed by atoms with Crippen LogP contribution in [-0.4, -0.2) is 57.4 Å². The Morgan fingerprint density at radius 1 is 1.22 bits per heavy atom. The summed E-state index contributed by atoms with van der Waals surface area (Å²) >= 11 is 0. The van der Waals surface area contributed by atoms with Crippen LogP contribution in [0.2, 0.25) is 0 Å². The highest BCUT2D eigenvalue weighted by atomic mass is 16.6. The molecule has 1 aliphatic heterocycles. The molecule has 172 valence electrons. The third kappa shape index (κ3) is 5.27. The fourth-order valence-electron chi connectivity index (χ4n) is 4.04. The summed E-state index contributed by atoms with van der Waals surface area (Å²) in [7, 11) is 0. The van der Waals surface area contributed by atoms with E-state index in [9.17, 15) is 19.7 Å². The Hall–Kier alpha value is -3.36. The van der Waals surface area contributed by atoms with E-state index in [-0.39, 0.29) is 36.1 Å². The molecule has 2 aromatic rings. The van der Waals surface area contributed by atoms with E-state index < -0.39 is 4.92 Å². The number of hydrogen-bond donors (Lipinski definition) is 1. The molecule has 9 nitrogen and oxygen atoms in total. The number of fused-ring (bicyclic) bond motifs is 1. The minimum atomic E-state index is -0.436. The highest BCUT2D eigenvalue weighted by Gasteiger charge is 2.33. The van der Waals surface area contributed by atoms with Crippen molar-refractivity contribution in [2.24, 2.45) is 5.92 Å². The molecule has 9 heteroatoms. The maximum atomic E-state index is 13.4. The molecule has 0 bridgehead atoms. The molecule has 3 amide bonds. The van der Waals surface area contributed by atoms with Crippen molar-refractivity contribution in [3.05, 3.63) is 64.0 Å². The largest absolute Gasteiger partial charge is 0.348 e. The van der Waals surface area contributed by atoms with Gasteiger partial charge in [-0.15, -0.1) is 0 Å². The lowest BCUT2D eigenvalue weighted by atomic mass is 9.99. The predicted molar refractivity (Wildman–Crippen MR) is 121 cm³/mol. The third-order valence-electron chi connectivity index (χ3n) is 5.50. The lowest BCUT2D eigenvalue weighted by Gasteiger charge is -2.38. The van der Waals surface area contributed by atoms with Gasteiger partial charge in [-0.2, -0.15) is 0 Å². The van der Waals surface area contributed by atoms with Crippen molar-refractivity contribution in [1.29, 1.82) is 0 Å². The van der Waals surface area contributed by atoms with E-state index in [1.54, 1.807) is 21.9 Å². The number of benzene rings is 1. The number of amides is 3. The summed E-state index contributed by atoms with van der Waals surface area (Å²) in [6.45, 7) is 8.18. The summed E-state index contributed by atoms with van der Waals surface area (Å²) < 4.78 is 2.09. The van der Waals surface area contributed by atoms with E-state index in [0.717, 1.165) is 17.7 Å². The second kappa shape index (κ2) is 10.3. The summed E-state index contributed by atoms with van der Waals surface area (Å²) in [5.41, 5.74) is 1.76. The maximum absolute atomic E-state index is 13.4. The number of nitrogens with zero attached hydrogens (tertiary/aromatic N) is 4. The number of rotatable bonds is 8. The number of hydrogen-bond acceptors (Lipinski definition) is 4. The van der Waals surface area contributed by atoms with Crippen LogP contribution >= 0.6 is 0 Å². The molecule has 1 unspecified atom stereocenters. The second-order valence-electron chi connectivity index (χ2n) is 8.47. The van der Waals surface area contributed by atoms with E-state index in [4.69, 9.17) is 0 Å². The topological polar surface area (TPSA) is 101 Å². The summed E-state index contributed by atoms with van der Waals surface area (Å²) in [6.07, 6.45) is 2.79. The zero-order valence-corrected chi connectivity index (χ0v) is 18.9. The minimum Gasteiger partial charge on any atom is -0.348 e. The van der Waals surface area contributed by atoms with Gasteiger partial charge in [0, 0.05) is 50.2 Å². The Morgan fingerprint density at radius 3 is 2.56 bits per heavy atom. The van der Waals surface area contributed by atoms with Crippen LogP contribution in [0.3, 0.4) is 0 Å². The van der Waals surface area contributed by atoms with Crippen LogP contribution in [0, 0.1) is 16.0 Å². The van der Waals surface area contributed by atoms with Gasteiger partial charge in [-0.25, -0.2) is 4.79 Å². The van der Waals surface area contributed by atoms with Crippen molar-refractivity contribution in [3.63, 3.8) is 0 Å². The summed E-state index contributed by atoms with van der Waals surface area (Å²) in [4.78, 5) is 40.1. The summed E-state index contributed by atoms with van der Waals surface area (Å²) in [5.74, 6) is 0.0762. The number of carbonyl (C=O) groups excluding carboxylic acids is 2. The van der Waals surface area contributed by atoms with E-state index in [1.807, 2.05) is 39.1 Å². The number of urea groups is 1. The van der Waals surface area contributed by atoms with Crippen molar-refractivity contribution < 1.29 is 14.5 Å². The maximum Gasteiger partial charge on any atom is 0.317 e. The molecule has 0 radical (unpaired) electrons. The molecule has 1 N–H and O–H groups in total. The highest BCUT2D eigenvalue weighted by Crippen LogP contribution is 2.33. The number of nitro groups is 1. The van der Waals surface area contributed by atoms with Crippen LogP contribution in [0.15, 0.2) is 42.6 Å². The van der Waals surface area contributed by atoms with Crippen LogP contribution < -0.4 is 5.32 Å². The van der Waals surface area contributed by atoms with Gasteiger partial charge in [-0.3, -0.25) is 14.9 Å². The van der Waals surface area contributed by atoms with E-state index in [0.29, 0.717) is 26.2 Å². The van der Waals surface area contributed by atoms with Crippen molar-refractivity contribution in [3.8, 4) is 0 Å². The monoisotopic (exact) mass is 441 g/mol. The molecular weight excluding hydrogens is 410 g/mol. The Labute approximate surface area is 188 Å². The van der Waals surface area contributed by atoms with Gasteiger partial charge in [-0.05, 0) is 42.2 Å². The number of non-ortho nitro benzene ring substituents is 1. The van der Waals surface area contributed by atoms with Crippen molar-refractivity contribution >= 4 is 17.6 Å². The van der Waals surface area contributed by atoms with Crippen LogP contribution in [0.4, 0.5) is 10.5 Å². The van der Waals surface area contributed by atoms with Gasteiger partial charge < -0.3 is 19.7 Å². The first-order valence-corrected chi connectivity index (χ1v) is 11.0. The smallest absolute Gasteiger partial charge is 0.317 e. The number of aromatic nitrogens is 1. The molecule has 3 rings (SSSR count). The molecule has 2 heterocycles. The Kier molecular flexibility index (Phi) is 7.50. The summed E-state index contributed by atoms with van der Waals surface area (Å²) in [5, 5.41) is 13.9. The molecular formula is C23H31N5O4. The Morgan fingerprint density at radius 2 is 1.94 bits per heavy atom. The Balaban J connectivity index is 1.87. The average Bonchev–Trinajstić information content (AvgIpc) is 3.24. The molecule has 0 fully saturated rings. The second-order valence-corrected chi connectivity index (χ2v) is 8.47. The molecule has 0 aliphatic carbocycles. The van der Waals surface area contributed by atoms with E-state index in [2.05, 4.69) is 9.88 Å². The molecule has 1 aromatic heterocycles. The zero-order chi connectivity index (χ0) is 23.3. The Bertz CT molecular complexity index is 954. The van der Waals surface area contributed by atoms with Crippen molar-refractivity contribution in [1.82, 2.24) is 19.7 Å². The molecule has 0 saturated heterocycles. The SMILES string of the molecule is CCCNC(=O)N(CC(=O)N1CCn2cccc2C1c1ccc([N+](=O)[O-])cc1)CC(C)C. The normalized spacial score (nSPS) is 15.4. The van der Waals surface area contributed by atoms with Gasteiger partial charge in [-0.1, -0.05) is 20.8 Å². The fraction of sp³-hybridized carbons (Fsp3) is 0.478. The number of nitrogens with one attached hydrogen (secondary N) is 1. The van der Waals surface area contributed by atoms with Crippen LogP contribution in [0.5, 0.6) is 0 Å². The van der Waals surface area contributed by atoms with Gasteiger partial charge in [0.1, 0.15) is 6.54 Å². The van der Waals surface area contributed by atoms with E-state index in [1.165, 1.54) is 12.1 Å². The zero-order valence-electron chi connectivity index (χ0n) is 18.9. The van der Waals surface area contributed by atoms with Gasteiger partial charge in [0.25, 0.3) is 5.69 Å². The lowest BCUT2D eigenvalue weighted by Crippen LogP contribution is -2.50. The lowest BCUT2D eigenvalue weighted by molar-refractivity contribution is -0.384.